The maximum absolute atomic E-state index is 12.0. The molecule has 0 fully saturated rings. The second kappa shape index (κ2) is 9.00. The first kappa shape index (κ1) is 19.3. The lowest BCUT2D eigenvalue weighted by atomic mass is 10.1. The summed E-state index contributed by atoms with van der Waals surface area (Å²) in [6.07, 6.45) is 9.15. The van der Waals surface area contributed by atoms with E-state index in [0.717, 1.165) is 5.56 Å². The van der Waals surface area contributed by atoms with E-state index in [1.54, 1.807) is 24.3 Å². The summed E-state index contributed by atoms with van der Waals surface area (Å²) in [7, 11) is 0. The summed E-state index contributed by atoms with van der Waals surface area (Å²) >= 11 is 0. The van der Waals surface area contributed by atoms with Crippen molar-refractivity contribution < 1.29 is 23.2 Å². The molecule has 7 heteroatoms. The van der Waals surface area contributed by atoms with E-state index in [-0.39, 0.29) is 29.4 Å². The number of carbonyl (C=O) groups is 2. The summed E-state index contributed by atoms with van der Waals surface area (Å²) in [6.45, 7) is 0.354. The van der Waals surface area contributed by atoms with Crippen LogP contribution in [0.1, 0.15) is 33.1 Å². The van der Waals surface area contributed by atoms with E-state index in [1.807, 2.05) is 42.5 Å². The highest BCUT2D eigenvalue weighted by Gasteiger charge is 2.16. The quantitative estimate of drug-likeness (QED) is 0.624. The molecule has 1 aliphatic rings. The first-order valence-corrected chi connectivity index (χ1v) is 9.48. The first-order chi connectivity index (χ1) is 14.7. The summed E-state index contributed by atoms with van der Waals surface area (Å²) in [5, 5.41) is 5.69. The van der Waals surface area contributed by atoms with Crippen LogP contribution in [-0.4, -0.2) is 17.9 Å². The zero-order valence-electron chi connectivity index (χ0n) is 16.0. The second-order valence-electron chi connectivity index (χ2n) is 6.67. The van der Waals surface area contributed by atoms with Crippen molar-refractivity contribution in [3.8, 4) is 5.75 Å². The van der Waals surface area contributed by atoms with Gasteiger partial charge in [-0.05, 0) is 60.5 Å². The average Bonchev–Trinajstić information content (AvgIpc) is 3.48. The molecule has 1 atom stereocenters. The Morgan fingerprint density at radius 2 is 1.77 bits per heavy atom. The van der Waals surface area contributed by atoms with Gasteiger partial charge in [0.15, 0.2) is 11.5 Å². The molecular formula is C23H20N2O5. The topological polar surface area (TPSA) is 93.7 Å². The van der Waals surface area contributed by atoms with Crippen molar-refractivity contribution in [3.05, 3.63) is 102 Å². The molecule has 1 aliphatic carbocycles. The highest BCUT2D eigenvalue weighted by Crippen LogP contribution is 2.20. The maximum Gasteiger partial charge on any atom is 0.287 e. The van der Waals surface area contributed by atoms with Crippen molar-refractivity contribution in [2.45, 2.75) is 19.0 Å². The first-order valence-electron chi connectivity index (χ1n) is 9.48. The predicted molar refractivity (Wildman–Crippen MR) is 109 cm³/mol. The Morgan fingerprint density at radius 1 is 1.00 bits per heavy atom. The average molecular weight is 404 g/mol. The fourth-order valence-corrected chi connectivity index (χ4v) is 2.96. The highest BCUT2D eigenvalue weighted by atomic mass is 16.5. The van der Waals surface area contributed by atoms with Gasteiger partial charge in [0, 0.05) is 6.54 Å². The number of hydrogen-bond acceptors (Lipinski definition) is 5. The predicted octanol–water partition coefficient (Wildman–Crippen LogP) is 3.82. The van der Waals surface area contributed by atoms with Crippen LogP contribution in [0.25, 0.3) is 0 Å². The van der Waals surface area contributed by atoms with Crippen LogP contribution in [0.15, 0.2) is 93.9 Å². The van der Waals surface area contributed by atoms with E-state index in [9.17, 15) is 9.59 Å². The Labute approximate surface area is 173 Å². The smallest absolute Gasteiger partial charge is 0.287 e. The Bertz CT molecular complexity index is 1060. The fraction of sp³-hybridized carbons (Fsp3) is 0.130. The van der Waals surface area contributed by atoms with Crippen molar-refractivity contribution in [3.63, 3.8) is 0 Å². The molecule has 0 aliphatic heterocycles. The summed E-state index contributed by atoms with van der Waals surface area (Å²) in [5.74, 6) is 1.38. The molecule has 0 saturated heterocycles. The molecule has 152 valence electrons. The minimum absolute atomic E-state index is 0.127. The van der Waals surface area contributed by atoms with Crippen molar-refractivity contribution in [2.24, 2.45) is 0 Å². The molecule has 7 nitrogen and oxygen atoms in total. The molecule has 1 unspecified atom stereocenters. The van der Waals surface area contributed by atoms with Crippen LogP contribution >= 0.6 is 0 Å². The molecule has 3 aromatic rings. The Balaban J connectivity index is 1.29. The molecule has 4 rings (SSSR count). The number of benzene rings is 1. The third-order valence-corrected chi connectivity index (χ3v) is 4.46. The van der Waals surface area contributed by atoms with Gasteiger partial charge in [0.25, 0.3) is 11.8 Å². The Morgan fingerprint density at radius 3 is 2.43 bits per heavy atom. The number of rotatable bonds is 7. The molecule has 0 bridgehead atoms. The van der Waals surface area contributed by atoms with Crippen LogP contribution in [0, 0.1) is 0 Å². The molecular weight excluding hydrogens is 384 g/mol. The zero-order valence-corrected chi connectivity index (χ0v) is 16.0. The van der Waals surface area contributed by atoms with E-state index >= 15 is 0 Å². The van der Waals surface area contributed by atoms with Crippen LogP contribution in [-0.2, 0) is 6.54 Å². The summed E-state index contributed by atoms with van der Waals surface area (Å²) in [4.78, 5) is 24.0. The standard InChI is InChI=1S/C23H20N2O5/c26-22(20-6-2-12-28-20)24-15-16-4-1-5-19(14-16)30-18-10-8-17(9-11-18)25-23(27)21-7-3-13-29-21/h1-8,10-14,17H,9,15H2,(H,24,26)(H,25,27). The molecule has 30 heavy (non-hydrogen) atoms. The SMILES string of the molecule is O=C(NCc1cccc(OC2=CCC(NC(=O)c3ccco3)C=C2)c1)c1ccco1. The highest BCUT2D eigenvalue weighted by molar-refractivity contribution is 5.92. The van der Waals surface area contributed by atoms with Gasteiger partial charge in [0.05, 0.1) is 18.6 Å². The number of nitrogens with one attached hydrogen (secondary N) is 2. The molecule has 2 N–H and O–H groups in total. The van der Waals surface area contributed by atoms with Gasteiger partial charge in [0.1, 0.15) is 11.5 Å². The molecule has 1 aromatic carbocycles. The number of ether oxygens (including phenoxy) is 1. The minimum atomic E-state index is -0.271. The molecule has 0 saturated carbocycles. The number of hydrogen-bond donors (Lipinski definition) is 2. The molecule has 0 radical (unpaired) electrons. The second-order valence-corrected chi connectivity index (χ2v) is 6.67. The number of carbonyl (C=O) groups excluding carboxylic acids is 2. The summed E-state index contributed by atoms with van der Waals surface area (Å²) in [6, 6.07) is 13.9. The van der Waals surface area contributed by atoms with Gasteiger partial charge in [-0.1, -0.05) is 18.2 Å². The number of amides is 2. The van der Waals surface area contributed by atoms with E-state index in [2.05, 4.69) is 10.6 Å². The lowest BCUT2D eigenvalue weighted by Gasteiger charge is -2.17. The van der Waals surface area contributed by atoms with Crippen LogP contribution < -0.4 is 15.4 Å². The van der Waals surface area contributed by atoms with Gasteiger partial charge in [-0.2, -0.15) is 0 Å². The Kier molecular flexibility index (Phi) is 5.80. The lowest BCUT2D eigenvalue weighted by Crippen LogP contribution is -2.33. The van der Waals surface area contributed by atoms with Crippen molar-refractivity contribution in [2.75, 3.05) is 0 Å². The molecule has 2 amide bonds. The van der Waals surface area contributed by atoms with Gasteiger partial charge < -0.3 is 24.2 Å². The van der Waals surface area contributed by atoms with E-state index in [0.29, 0.717) is 24.5 Å². The van der Waals surface area contributed by atoms with Crippen molar-refractivity contribution in [1.29, 1.82) is 0 Å². The fourth-order valence-electron chi connectivity index (χ4n) is 2.96. The monoisotopic (exact) mass is 404 g/mol. The van der Waals surface area contributed by atoms with Crippen LogP contribution in [0.4, 0.5) is 0 Å². The molecule has 0 spiro atoms. The number of allylic oxidation sites excluding steroid dienone is 1. The third-order valence-electron chi connectivity index (χ3n) is 4.46. The van der Waals surface area contributed by atoms with Gasteiger partial charge >= 0.3 is 0 Å². The van der Waals surface area contributed by atoms with E-state index in [1.165, 1.54) is 12.5 Å². The van der Waals surface area contributed by atoms with Gasteiger partial charge in [-0.3, -0.25) is 9.59 Å². The third kappa shape index (κ3) is 4.88. The Hall–Kier alpha value is -4.00. The zero-order chi connectivity index (χ0) is 20.8. The van der Waals surface area contributed by atoms with Crippen molar-refractivity contribution >= 4 is 11.8 Å². The van der Waals surface area contributed by atoms with E-state index in [4.69, 9.17) is 13.6 Å². The van der Waals surface area contributed by atoms with Gasteiger partial charge in [-0.15, -0.1) is 0 Å². The van der Waals surface area contributed by atoms with Crippen LogP contribution in [0.5, 0.6) is 5.75 Å². The largest absolute Gasteiger partial charge is 0.459 e. The summed E-state index contributed by atoms with van der Waals surface area (Å²) in [5.41, 5.74) is 0.899. The maximum atomic E-state index is 12.0. The number of furan rings is 2. The van der Waals surface area contributed by atoms with Crippen LogP contribution in [0.3, 0.4) is 0 Å². The van der Waals surface area contributed by atoms with Crippen molar-refractivity contribution in [1.82, 2.24) is 10.6 Å². The minimum Gasteiger partial charge on any atom is -0.459 e. The van der Waals surface area contributed by atoms with Gasteiger partial charge in [-0.25, -0.2) is 0 Å². The normalized spacial score (nSPS) is 15.3. The molecule has 2 heterocycles. The molecule has 2 aromatic heterocycles. The lowest BCUT2D eigenvalue weighted by molar-refractivity contribution is 0.0911. The van der Waals surface area contributed by atoms with Gasteiger partial charge in [0.2, 0.25) is 0 Å². The van der Waals surface area contributed by atoms with Crippen LogP contribution in [0.2, 0.25) is 0 Å². The van der Waals surface area contributed by atoms with E-state index < -0.39 is 0 Å². The summed E-state index contributed by atoms with van der Waals surface area (Å²) < 4.78 is 16.1.